The molecule has 5 atom stereocenters. The lowest BCUT2D eigenvalue weighted by molar-refractivity contribution is -0.141. The minimum absolute atomic E-state index is 0.0138. The quantitative estimate of drug-likeness (QED) is 0.302. The van der Waals surface area contributed by atoms with E-state index in [4.69, 9.17) is 4.74 Å². The van der Waals surface area contributed by atoms with E-state index in [1.165, 1.54) is 27.8 Å². The van der Waals surface area contributed by atoms with Crippen molar-refractivity contribution in [3.63, 3.8) is 0 Å². The first-order valence-corrected chi connectivity index (χ1v) is 19.6. The molecule has 3 N–H and O–H groups in total. The number of halogens is 1. The summed E-state index contributed by atoms with van der Waals surface area (Å²) < 4.78 is 49.6. The fraction of sp³-hybridized carbons (Fsp3) is 0.528. The van der Waals surface area contributed by atoms with Crippen molar-refractivity contribution < 1.29 is 36.7 Å². The molecule has 0 spiro atoms. The van der Waals surface area contributed by atoms with Gasteiger partial charge in [0.05, 0.1) is 28.5 Å². The molecule has 7 rings (SSSR count). The maximum Gasteiger partial charge on any atom is 0.270 e. The molecule has 3 aromatic rings. The fourth-order valence-electron chi connectivity index (χ4n) is 7.27. The lowest BCUT2D eigenvalue weighted by Gasteiger charge is -2.30. The first kappa shape index (κ1) is 36.4. The predicted molar refractivity (Wildman–Crippen MR) is 189 cm³/mol. The highest BCUT2D eigenvalue weighted by molar-refractivity contribution is 7.91. The van der Waals surface area contributed by atoms with Crippen molar-refractivity contribution in [1.82, 2.24) is 40.0 Å². The van der Waals surface area contributed by atoms with Crippen LogP contribution in [0.25, 0.3) is 11.0 Å². The van der Waals surface area contributed by atoms with Gasteiger partial charge in [0.1, 0.15) is 40.9 Å². The number of ether oxygens (including phenoxy) is 1. The number of amides is 4. The van der Waals surface area contributed by atoms with E-state index in [0.29, 0.717) is 49.0 Å². The van der Waals surface area contributed by atoms with Crippen LogP contribution >= 0.6 is 0 Å². The number of sulfonamides is 1. The Labute approximate surface area is 306 Å². The summed E-state index contributed by atoms with van der Waals surface area (Å²) in [6, 6.07) is 3.48. The number of aromatic nitrogens is 4. The summed E-state index contributed by atoms with van der Waals surface area (Å²) in [6.07, 6.45) is 7.20. The van der Waals surface area contributed by atoms with Gasteiger partial charge in [-0.1, -0.05) is 25.0 Å². The molecular weight excluding hydrogens is 708 g/mol. The Morgan fingerprint density at radius 3 is 2.58 bits per heavy atom. The maximum absolute atomic E-state index is 14.5. The van der Waals surface area contributed by atoms with Crippen LogP contribution in [0.3, 0.4) is 0 Å². The van der Waals surface area contributed by atoms with E-state index in [9.17, 15) is 32.0 Å². The Balaban J connectivity index is 1.20. The van der Waals surface area contributed by atoms with E-state index in [-0.39, 0.29) is 36.5 Å². The average molecular weight is 751 g/mol. The van der Waals surface area contributed by atoms with Crippen molar-refractivity contribution in [2.75, 3.05) is 6.54 Å². The summed E-state index contributed by atoms with van der Waals surface area (Å²) in [6.45, 7) is 3.36. The van der Waals surface area contributed by atoms with Gasteiger partial charge in [0.25, 0.3) is 11.8 Å². The molecule has 0 bridgehead atoms. The van der Waals surface area contributed by atoms with Gasteiger partial charge < -0.3 is 20.3 Å². The molecule has 4 aliphatic rings. The zero-order valence-electron chi connectivity index (χ0n) is 29.8. The fourth-order valence-corrected chi connectivity index (χ4v) is 8.64. The van der Waals surface area contributed by atoms with Crippen LogP contribution in [-0.2, 0) is 31.5 Å². The predicted octanol–water partition coefficient (Wildman–Crippen LogP) is 2.27. The second kappa shape index (κ2) is 14.1. The van der Waals surface area contributed by atoms with Crippen molar-refractivity contribution >= 4 is 44.7 Å². The Morgan fingerprint density at radius 1 is 1.06 bits per heavy atom. The number of allylic oxidation sites excluding steroid dienone is 1. The standard InChI is InChI=1S/C36H43FN8O7S/c1-20-15-29(44(3)42-20)31(46)39-27-10-8-6-4-5-7-9-22-18-36(22,35(49)43-53(50,51)25-12-13-25)41-32(47)30-17-24(19-45(30)34(27)48)52-33-21(2)38-26-14-11-23(37)16-28(26)40-33/h7,9,11,14-16,22,24-25,27,30H,4-6,8,10,12-13,17-19H2,1-3H3,(H,39,46)(H,41,47)(H,43,49)/b9-7-/t22?,24-,27+,30+,36-/m1/s1. The highest BCUT2D eigenvalue weighted by atomic mass is 32.2. The molecule has 4 amide bonds. The van der Waals surface area contributed by atoms with Gasteiger partial charge in [-0.3, -0.25) is 28.6 Å². The normalized spacial score (nSPS) is 27.1. The van der Waals surface area contributed by atoms with Crippen LogP contribution in [0.4, 0.5) is 4.39 Å². The number of fused-ring (bicyclic) bond motifs is 3. The van der Waals surface area contributed by atoms with Crippen molar-refractivity contribution in [1.29, 1.82) is 0 Å². The van der Waals surface area contributed by atoms with Gasteiger partial charge in [-0.05, 0) is 70.6 Å². The topological polar surface area (TPSA) is 195 Å². The summed E-state index contributed by atoms with van der Waals surface area (Å²) in [7, 11) is -2.27. The number of nitrogens with one attached hydrogen (secondary N) is 3. The Bertz CT molecular complexity index is 2120. The Hall–Kier alpha value is -4.93. The van der Waals surface area contributed by atoms with Crippen LogP contribution in [0, 0.1) is 25.6 Å². The number of benzene rings is 1. The summed E-state index contributed by atoms with van der Waals surface area (Å²) in [5.41, 5.74) is 0.519. The highest BCUT2D eigenvalue weighted by Crippen LogP contribution is 2.46. The molecule has 3 fully saturated rings. The first-order chi connectivity index (χ1) is 25.2. The Morgan fingerprint density at radius 2 is 1.85 bits per heavy atom. The SMILES string of the molecule is Cc1cc(C(=O)N[C@H]2CCCCC/C=C\C3C[C@@]3(C(=O)NS(=O)(=O)C3CC3)NC(=O)[C@@H]3C[C@@H](Oc4nc5cc(F)ccc5nc4C)CN3C2=O)n(C)n1. The zero-order chi connectivity index (χ0) is 37.7. The third-order valence-corrected chi connectivity index (χ3v) is 12.2. The van der Waals surface area contributed by atoms with Gasteiger partial charge in [-0.15, -0.1) is 0 Å². The lowest BCUT2D eigenvalue weighted by atomic mass is 10.0. The van der Waals surface area contributed by atoms with Gasteiger partial charge in [0, 0.05) is 25.5 Å². The van der Waals surface area contributed by atoms with Crippen LogP contribution in [-0.4, -0.2) is 92.2 Å². The van der Waals surface area contributed by atoms with Crippen LogP contribution < -0.4 is 20.1 Å². The molecule has 15 nitrogen and oxygen atoms in total. The minimum Gasteiger partial charge on any atom is -0.471 e. The third-order valence-electron chi connectivity index (χ3n) is 10.4. The van der Waals surface area contributed by atoms with Gasteiger partial charge in [0.15, 0.2) is 0 Å². The molecule has 2 aromatic heterocycles. The molecule has 1 unspecified atom stereocenters. The molecule has 4 heterocycles. The number of nitrogens with zero attached hydrogens (tertiary/aromatic N) is 5. The molecule has 17 heteroatoms. The molecule has 2 aliphatic carbocycles. The van der Waals surface area contributed by atoms with Crippen LogP contribution in [0.15, 0.2) is 36.4 Å². The van der Waals surface area contributed by atoms with E-state index >= 15 is 0 Å². The lowest BCUT2D eigenvalue weighted by Crippen LogP contribution is -2.58. The van der Waals surface area contributed by atoms with Crippen LogP contribution in [0.1, 0.15) is 79.7 Å². The number of hydrogen-bond donors (Lipinski definition) is 3. The average Bonchev–Trinajstić information content (AvgIpc) is 4.00. The molecule has 0 radical (unpaired) electrons. The molecule has 1 aromatic carbocycles. The van der Waals surface area contributed by atoms with E-state index in [0.717, 1.165) is 12.8 Å². The first-order valence-electron chi connectivity index (χ1n) is 18.0. The van der Waals surface area contributed by atoms with Crippen LogP contribution in [0.5, 0.6) is 5.88 Å². The third kappa shape index (κ3) is 7.61. The zero-order valence-corrected chi connectivity index (χ0v) is 30.6. The molecule has 53 heavy (non-hydrogen) atoms. The molecule has 2 aliphatic heterocycles. The number of carbonyl (C=O) groups excluding carboxylic acids is 4. The number of carbonyl (C=O) groups is 4. The summed E-state index contributed by atoms with van der Waals surface area (Å²) in [5.74, 6) is -3.33. The largest absolute Gasteiger partial charge is 0.471 e. The molecule has 282 valence electrons. The minimum atomic E-state index is -3.91. The smallest absolute Gasteiger partial charge is 0.270 e. The number of hydrogen-bond acceptors (Lipinski definition) is 10. The van der Waals surface area contributed by atoms with E-state index in [2.05, 4.69) is 30.4 Å². The van der Waals surface area contributed by atoms with Gasteiger partial charge in [-0.25, -0.2) is 22.8 Å². The van der Waals surface area contributed by atoms with Gasteiger partial charge >= 0.3 is 0 Å². The van der Waals surface area contributed by atoms with Crippen molar-refractivity contribution in [3.05, 3.63) is 59.3 Å². The molecule has 2 saturated carbocycles. The summed E-state index contributed by atoms with van der Waals surface area (Å²) >= 11 is 0. The Kier molecular flexibility index (Phi) is 9.72. The second-order valence-electron chi connectivity index (χ2n) is 14.6. The number of aryl methyl sites for hydroxylation is 3. The monoisotopic (exact) mass is 750 g/mol. The van der Waals surface area contributed by atoms with Crippen molar-refractivity contribution in [3.8, 4) is 5.88 Å². The maximum atomic E-state index is 14.5. The molecular formula is C36H43FN8O7S. The van der Waals surface area contributed by atoms with Gasteiger partial charge in [-0.2, -0.15) is 5.10 Å². The van der Waals surface area contributed by atoms with Crippen LogP contribution in [0.2, 0.25) is 0 Å². The van der Waals surface area contributed by atoms with Crippen molar-refractivity contribution in [2.24, 2.45) is 13.0 Å². The van der Waals surface area contributed by atoms with E-state index in [1.54, 1.807) is 27.0 Å². The summed E-state index contributed by atoms with van der Waals surface area (Å²) in [5, 5.41) is 9.33. The van der Waals surface area contributed by atoms with E-state index in [1.807, 2.05) is 12.2 Å². The molecule has 1 saturated heterocycles. The van der Waals surface area contributed by atoms with Crippen molar-refractivity contribution in [2.45, 2.75) is 101 Å². The van der Waals surface area contributed by atoms with E-state index < -0.39 is 74.4 Å². The number of rotatable bonds is 7. The van der Waals surface area contributed by atoms with Gasteiger partial charge in [0.2, 0.25) is 27.7 Å². The summed E-state index contributed by atoms with van der Waals surface area (Å²) in [4.78, 5) is 66.3. The second-order valence-corrected chi connectivity index (χ2v) is 16.5. The highest BCUT2D eigenvalue weighted by Gasteiger charge is 2.62.